The Hall–Kier alpha value is -3.19. The highest BCUT2D eigenvalue weighted by Gasteiger charge is 2.16. The minimum absolute atomic E-state index is 0.0442. The summed E-state index contributed by atoms with van der Waals surface area (Å²) in [5.41, 5.74) is 1.61. The Labute approximate surface area is 143 Å². The van der Waals surface area contributed by atoms with Crippen molar-refractivity contribution in [3.8, 4) is 11.4 Å². The fraction of sp³-hybridized carbons (Fsp3) is 0.167. The minimum Gasteiger partial charge on any atom is -0.467 e. The van der Waals surface area contributed by atoms with Gasteiger partial charge >= 0.3 is 0 Å². The second-order valence-electron chi connectivity index (χ2n) is 5.60. The number of aliphatic hydroxyl groups excluding tert-OH is 1. The highest BCUT2D eigenvalue weighted by molar-refractivity contribution is 5.59. The molecule has 4 aromatic rings. The number of aliphatic hydroxyl groups is 1. The third-order valence-corrected chi connectivity index (χ3v) is 3.92. The maximum atomic E-state index is 9.32. The van der Waals surface area contributed by atoms with Crippen LogP contribution in [0.15, 0.2) is 65.3 Å². The highest BCUT2D eigenvalue weighted by atomic mass is 16.3. The molecule has 0 aliphatic heterocycles. The lowest BCUT2D eigenvalue weighted by molar-refractivity contribution is 0.273. The number of hydrogen-bond acceptors (Lipinski definition) is 6. The SMILES string of the molecule is OCCC(Nc1ccc2nnc(-c3ccccc3)n2n1)c1ccco1. The van der Waals surface area contributed by atoms with Gasteiger partial charge in [-0.3, -0.25) is 0 Å². The minimum atomic E-state index is -0.165. The quantitative estimate of drug-likeness (QED) is 0.563. The van der Waals surface area contributed by atoms with E-state index >= 15 is 0 Å². The molecular weight excluding hydrogens is 318 g/mol. The molecule has 3 aromatic heterocycles. The van der Waals surface area contributed by atoms with Gasteiger partial charge in [-0.2, -0.15) is 4.52 Å². The number of nitrogens with zero attached hydrogens (tertiary/aromatic N) is 4. The molecule has 1 unspecified atom stereocenters. The zero-order valence-corrected chi connectivity index (χ0v) is 13.4. The fourth-order valence-corrected chi connectivity index (χ4v) is 2.72. The Bertz CT molecular complexity index is 950. The van der Waals surface area contributed by atoms with E-state index in [1.165, 1.54) is 0 Å². The van der Waals surface area contributed by atoms with Crippen molar-refractivity contribution < 1.29 is 9.52 Å². The fourth-order valence-electron chi connectivity index (χ4n) is 2.72. The molecule has 2 N–H and O–H groups in total. The lowest BCUT2D eigenvalue weighted by Gasteiger charge is -2.16. The molecule has 0 saturated carbocycles. The molecule has 0 amide bonds. The first-order chi connectivity index (χ1) is 12.3. The summed E-state index contributed by atoms with van der Waals surface area (Å²) in [4.78, 5) is 0. The summed E-state index contributed by atoms with van der Waals surface area (Å²) in [6, 6.07) is 17.0. The Morgan fingerprint density at radius 2 is 1.92 bits per heavy atom. The molecule has 0 aliphatic rings. The molecule has 7 heteroatoms. The van der Waals surface area contributed by atoms with Crippen LogP contribution in [0.25, 0.3) is 17.0 Å². The largest absolute Gasteiger partial charge is 0.467 e. The summed E-state index contributed by atoms with van der Waals surface area (Å²) in [6.45, 7) is 0.0442. The predicted molar refractivity (Wildman–Crippen MR) is 93.0 cm³/mol. The monoisotopic (exact) mass is 335 g/mol. The van der Waals surface area contributed by atoms with Crippen LogP contribution < -0.4 is 5.32 Å². The molecule has 0 saturated heterocycles. The zero-order chi connectivity index (χ0) is 17.1. The molecule has 0 radical (unpaired) electrons. The van der Waals surface area contributed by atoms with Crippen molar-refractivity contribution in [2.24, 2.45) is 0 Å². The lowest BCUT2D eigenvalue weighted by atomic mass is 10.1. The Balaban J connectivity index is 1.68. The molecule has 4 rings (SSSR count). The number of benzene rings is 1. The molecular formula is C18H17N5O2. The van der Waals surface area contributed by atoms with Crippen LogP contribution in [0.5, 0.6) is 0 Å². The van der Waals surface area contributed by atoms with Crippen LogP contribution in [0.4, 0.5) is 5.82 Å². The third kappa shape index (κ3) is 3.09. The van der Waals surface area contributed by atoms with Crippen molar-refractivity contribution >= 4 is 11.5 Å². The molecule has 7 nitrogen and oxygen atoms in total. The van der Waals surface area contributed by atoms with Gasteiger partial charge in [0.25, 0.3) is 0 Å². The van der Waals surface area contributed by atoms with Gasteiger partial charge in [0.1, 0.15) is 11.6 Å². The van der Waals surface area contributed by atoms with Gasteiger partial charge in [-0.25, -0.2) is 0 Å². The van der Waals surface area contributed by atoms with Crippen molar-refractivity contribution in [1.82, 2.24) is 19.8 Å². The number of aromatic nitrogens is 4. The van der Waals surface area contributed by atoms with Crippen molar-refractivity contribution in [1.29, 1.82) is 0 Å². The van der Waals surface area contributed by atoms with E-state index in [1.54, 1.807) is 10.8 Å². The van der Waals surface area contributed by atoms with E-state index in [4.69, 9.17) is 4.42 Å². The summed E-state index contributed by atoms with van der Waals surface area (Å²) >= 11 is 0. The maximum Gasteiger partial charge on any atom is 0.185 e. The first-order valence-corrected chi connectivity index (χ1v) is 8.04. The van der Waals surface area contributed by atoms with Crippen molar-refractivity contribution in [2.75, 3.05) is 11.9 Å². The molecule has 0 fully saturated rings. The first kappa shape index (κ1) is 15.3. The molecule has 3 heterocycles. The number of anilines is 1. The van der Waals surface area contributed by atoms with Crippen LogP contribution in [0.2, 0.25) is 0 Å². The molecule has 1 atom stereocenters. The van der Waals surface area contributed by atoms with Gasteiger partial charge in [-0.05, 0) is 30.7 Å². The Morgan fingerprint density at radius 3 is 2.68 bits per heavy atom. The predicted octanol–water partition coefficient (Wildman–Crippen LogP) is 2.92. The van der Waals surface area contributed by atoms with Crippen LogP contribution in [-0.4, -0.2) is 31.5 Å². The summed E-state index contributed by atoms with van der Waals surface area (Å²) in [5.74, 6) is 2.08. The standard InChI is InChI=1S/C18H17N5O2/c24-11-10-14(15-7-4-12-25-15)19-16-8-9-17-20-21-18(23(17)22-16)13-5-2-1-3-6-13/h1-9,12,14,24H,10-11H2,(H,19,22). The van der Waals surface area contributed by atoms with Gasteiger partial charge in [0.05, 0.1) is 12.3 Å². The van der Waals surface area contributed by atoms with Gasteiger partial charge in [-0.1, -0.05) is 30.3 Å². The van der Waals surface area contributed by atoms with Crippen LogP contribution in [0.1, 0.15) is 18.2 Å². The van der Waals surface area contributed by atoms with Gasteiger partial charge in [-0.15, -0.1) is 15.3 Å². The summed E-state index contributed by atoms with van der Waals surface area (Å²) < 4.78 is 7.16. The number of nitrogens with one attached hydrogen (secondary N) is 1. The van der Waals surface area contributed by atoms with Crippen molar-refractivity contribution in [2.45, 2.75) is 12.5 Å². The normalized spacial score (nSPS) is 12.4. The molecule has 0 aliphatic carbocycles. The average Bonchev–Trinajstić information content (AvgIpc) is 3.32. The van der Waals surface area contributed by atoms with Crippen LogP contribution in [0, 0.1) is 0 Å². The smallest absolute Gasteiger partial charge is 0.185 e. The number of rotatable bonds is 6. The van der Waals surface area contributed by atoms with Gasteiger partial charge in [0, 0.05) is 12.2 Å². The van der Waals surface area contributed by atoms with E-state index in [1.807, 2.05) is 54.6 Å². The number of fused-ring (bicyclic) bond motifs is 1. The Kier molecular flexibility index (Phi) is 4.14. The number of hydrogen-bond donors (Lipinski definition) is 2. The highest BCUT2D eigenvalue weighted by Crippen LogP contribution is 2.23. The van der Waals surface area contributed by atoms with E-state index in [0.29, 0.717) is 23.7 Å². The van der Waals surface area contributed by atoms with E-state index in [2.05, 4.69) is 20.6 Å². The van der Waals surface area contributed by atoms with Crippen LogP contribution in [0.3, 0.4) is 0 Å². The van der Waals surface area contributed by atoms with E-state index in [0.717, 1.165) is 11.3 Å². The first-order valence-electron chi connectivity index (χ1n) is 8.04. The molecule has 126 valence electrons. The molecule has 0 spiro atoms. The third-order valence-electron chi connectivity index (χ3n) is 3.92. The van der Waals surface area contributed by atoms with Crippen LogP contribution >= 0.6 is 0 Å². The average molecular weight is 335 g/mol. The van der Waals surface area contributed by atoms with Crippen LogP contribution in [-0.2, 0) is 0 Å². The summed E-state index contributed by atoms with van der Waals surface area (Å²) in [7, 11) is 0. The van der Waals surface area contributed by atoms with Crippen molar-refractivity contribution in [3.63, 3.8) is 0 Å². The van der Waals surface area contributed by atoms with Gasteiger partial charge in [0.2, 0.25) is 0 Å². The second kappa shape index (κ2) is 6.74. The summed E-state index contributed by atoms with van der Waals surface area (Å²) in [6.07, 6.45) is 2.13. The summed E-state index contributed by atoms with van der Waals surface area (Å²) in [5, 5.41) is 25.6. The molecule has 0 bridgehead atoms. The Morgan fingerprint density at radius 1 is 1.04 bits per heavy atom. The lowest BCUT2D eigenvalue weighted by Crippen LogP contribution is -2.13. The molecule has 25 heavy (non-hydrogen) atoms. The maximum absolute atomic E-state index is 9.32. The second-order valence-corrected chi connectivity index (χ2v) is 5.60. The van der Waals surface area contributed by atoms with Crippen molar-refractivity contribution in [3.05, 3.63) is 66.6 Å². The molecule has 1 aromatic carbocycles. The number of furan rings is 1. The van der Waals surface area contributed by atoms with Gasteiger partial charge < -0.3 is 14.8 Å². The zero-order valence-electron chi connectivity index (χ0n) is 13.4. The van der Waals surface area contributed by atoms with Gasteiger partial charge in [0.15, 0.2) is 11.5 Å². The van der Waals surface area contributed by atoms with E-state index in [9.17, 15) is 5.11 Å². The van der Waals surface area contributed by atoms with E-state index < -0.39 is 0 Å². The topological polar surface area (TPSA) is 88.5 Å². The van der Waals surface area contributed by atoms with E-state index in [-0.39, 0.29) is 12.6 Å².